The topological polar surface area (TPSA) is 3.24 Å². The first-order valence-corrected chi connectivity index (χ1v) is 29.6. The standard InChI is InChI=1S/C48H103NSi2/c1-7-13-19-25-31-37-43-49(50(44-38-32-26-20-14-8-2)45-39-33-27-21-15-9-3)51(46-40-34-28-22-16-10-4,47-41-35-29-23-17-11-5)48-42-36-30-24-18-12-6/h50H,7-48H2,1-6H3. The summed E-state index contributed by atoms with van der Waals surface area (Å²) in [6, 6.07) is 8.28. The normalized spacial score (nSPS) is 12.2. The van der Waals surface area contributed by atoms with Gasteiger partial charge in [0, 0.05) is 0 Å². The second-order valence-electron chi connectivity index (χ2n) is 17.5. The van der Waals surface area contributed by atoms with Crippen molar-refractivity contribution in [2.75, 3.05) is 6.54 Å². The highest BCUT2D eigenvalue weighted by atomic mass is 28.4. The Balaban J connectivity index is 6.40. The summed E-state index contributed by atoms with van der Waals surface area (Å²) in [6.45, 7) is 15.8. The van der Waals surface area contributed by atoms with E-state index in [1.165, 1.54) is 206 Å². The summed E-state index contributed by atoms with van der Waals surface area (Å²) >= 11 is 0. The molecule has 0 spiro atoms. The number of nitrogens with zero attached hydrogens (tertiary/aromatic N) is 1. The van der Waals surface area contributed by atoms with Crippen LogP contribution in [-0.2, 0) is 0 Å². The first-order chi connectivity index (χ1) is 25.2. The Labute approximate surface area is 329 Å². The predicted molar refractivity (Wildman–Crippen MR) is 244 cm³/mol. The highest BCUT2D eigenvalue weighted by Crippen LogP contribution is 2.37. The molecule has 0 fully saturated rings. The highest BCUT2D eigenvalue weighted by Gasteiger charge is 2.41. The molecule has 0 heterocycles. The molecular formula is C48H103NSi2. The van der Waals surface area contributed by atoms with Gasteiger partial charge in [-0.15, -0.1) is 0 Å². The average Bonchev–Trinajstić information content (AvgIpc) is 3.14. The fraction of sp³-hybridized carbons (Fsp3) is 1.00. The molecule has 0 aliphatic rings. The van der Waals surface area contributed by atoms with Crippen molar-refractivity contribution in [3.8, 4) is 0 Å². The van der Waals surface area contributed by atoms with Gasteiger partial charge in [-0.25, -0.2) is 0 Å². The van der Waals surface area contributed by atoms with Gasteiger partial charge in [0.1, 0.15) is 17.2 Å². The lowest BCUT2D eigenvalue weighted by Crippen LogP contribution is -2.60. The van der Waals surface area contributed by atoms with E-state index >= 15 is 0 Å². The fourth-order valence-corrected chi connectivity index (χ4v) is 22.1. The summed E-state index contributed by atoms with van der Waals surface area (Å²) in [5.74, 6) is 0. The van der Waals surface area contributed by atoms with Crippen LogP contribution in [0.15, 0.2) is 0 Å². The van der Waals surface area contributed by atoms with Gasteiger partial charge < -0.3 is 4.23 Å². The van der Waals surface area contributed by atoms with Crippen molar-refractivity contribution in [1.29, 1.82) is 0 Å². The molecule has 0 aliphatic heterocycles. The lowest BCUT2D eigenvalue weighted by atomic mass is 10.1. The van der Waals surface area contributed by atoms with E-state index in [9.17, 15) is 0 Å². The van der Waals surface area contributed by atoms with Crippen LogP contribution in [0.3, 0.4) is 0 Å². The zero-order chi connectivity index (χ0) is 37.4. The van der Waals surface area contributed by atoms with E-state index in [0.29, 0.717) is 0 Å². The van der Waals surface area contributed by atoms with Crippen LogP contribution in [0.1, 0.15) is 273 Å². The molecule has 0 N–H and O–H groups in total. The van der Waals surface area contributed by atoms with Gasteiger partial charge in [-0.1, -0.05) is 266 Å². The molecule has 0 rings (SSSR count). The van der Waals surface area contributed by atoms with E-state index in [1.54, 1.807) is 62.3 Å². The number of hydrogen-bond donors (Lipinski definition) is 0. The van der Waals surface area contributed by atoms with Crippen molar-refractivity contribution in [3.05, 3.63) is 0 Å². The van der Waals surface area contributed by atoms with Gasteiger partial charge in [-0.05, 0) is 43.2 Å². The third kappa shape index (κ3) is 31.3. The van der Waals surface area contributed by atoms with Crippen molar-refractivity contribution in [2.45, 2.75) is 303 Å². The number of unbranched alkanes of at least 4 members (excludes halogenated alkanes) is 30. The largest absolute Gasteiger partial charge is 0.347 e. The Morgan fingerprint density at radius 3 is 0.804 bits per heavy atom. The molecule has 0 bridgehead atoms. The minimum Gasteiger partial charge on any atom is -0.347 e. The van der Waals surface area contributed by atoms with Gasteiger partial charge >= 0.3 is 0 Å². The van der Waals surface area contributed by atoms with Gasteiger partial charge in [0.05, 0.1) is 0 Å². The summed E-state index contributed by atoms with van der Waals surface area (Å²) in [6.07, 6.45) is 53.3. The molecule has 0 aromatic heterocycles. The maximum Gasteiger partial charge on any atom is 0.121 e. The summed E-state index contributed by atoms with van der Waals surface area (Å²) in [5.41, 5.74) is 0. The Kier molecular flexibility index (Phi) is 41.9. The average molecular weight is 751 g/mol. The zero-order valence-electron chi connectivity index (χ0n) is 37.2. The second kappa shape index (κ2) is 41.6. The first-order valence-electron chi connectivity index (χ1n) is 24.9. The van der Waals surface area contributed by atoms with Crippen molar-refractivity contribution in [2.24, 2.45) is 0 Å². The molecule has 3 heteroatoms. The molecule has 0 saturated carbocycles. The molecule has 0 atom stereocenters. The molecule has 1 nitrogen and oxygen atoms in total. The minimum absolute atomic E-state index is 0.971. The summed E-state index contributed by atoms with van der Waals surface area (Å²) in [7, 11) is -2.51. The molecule has 51 heavy (non-hydrogen) atoms. The van der Waals surface area contributed by atoms with Crippen LogP contribution in [0.4, 0.5) is 0 Å². The molecule has 0 aromatic carbocycles. The van der Waals surface area contributed by atoms with Crippen molar-refractivity contribution in [1.82, 2.24) is 4.23 Å². The van der Waals surface area contributed by atoms with E-state index in [1.807, 2.05) is 0 Å². The summed E-state index contributed by atoms with van der Waals surface area (Å²) in [4.78, 5) is 0. The van der Waals surface area contributed by atoms with Crippen LogP contribution in [0.5, 0.6) is 0 Å². The van der Waals surface area contributed by atoms with Crippen molar-refractivity contribution >= 4 is 17.2 Å². The molecule has 0 aromatic rings. The Hall–Kier alpha value is 0.394. The van der Waals surface area contributed by atoms with Crippen LogP contribution in [0, 0.1) is 0 Å². The van der Waals surface area contributed by atoms with Crippen LogP contribution >= 0.6 is 0 Å². The molecule has 0 aliphatic carbocycles. The van der Waals surface area contributed by atoms with Crippen molar-refractivity contribution < 1.29 is 0 Å². The molecule has 0 radical (unpaired) electrons. The van der Waals surface area contributed by atoms with E-state index in [0.717, 1.165) is 0 Å². The minimum atomic E-state index is -1.54. The SMILES string of the molecule is CCCCCCCCN([SiH](CCCCCCCC)CCCCCCCC)[Si](CCCCCCCC)(CCCCCCCC)CCCCCCCC. The maximum atomic E-state index is 3.62. The van der Waals surface area contributed by atoms with E-state index in [4.69, 9.17) is 0 Å². The van der Waals surface area contributed by atoms with E-state index in [-0.39, 0.29) is 0 Å². The fourth-order valence-electron chi connectivity index (χ4n) is 9.16. The Bertz CT molecular complexity index is 582. The monoisotopic (exact) mass is 750 g/mol. The van der Waals surface area contributed by atoms with Gasteiger partial charge in [-0.3, -0.25) is 0 Å². The molecule has 308 valence electrons. The highest BCUT2D eigenvalue weighted by molar-refractivity contribution is 6.85. The Morgan fingerprint density at radius 2 is 0.510 bits per heavy atom. The molecular weight excluding hydrogens is 647 g/mol. The van der Waals surface area contributed by atoms with Gasteiger partial charge in [-0.2, -0.15) is 0 Å². The molecule has 0 unspecified atom stereocenters. The van der Waals surface area contributed by atoms with Crippen LogP contribution < -0.4 is 0 Å². The maximum absolute atomic E-state index is 3.62. The Morgan fingerprint density at radius 1 is 0.275 bits per heavy atom. The first kappa shape index (κ1) is 51.4. The van der Waals surface area contributed by atoms with E-state index < -0.39 is 17.2 Å². The van der Waals surface area contributed by atoms with Gasteiger partial charge in [0.15, 0.2) is 0 Å². The van der Waals surface area contributed by atoms with Crippen LogP contribution in [0.25, 0.3) is 0 Å². The summed E-state index contributed by atoms with van der Waals surface area (Å²) in [5, 5.41) is 0. The van der Waals surface area contributed by atoms with Gasteiger partial charge in [0.2, 0.25) is 0 Å². The van der Waals surface area contributed by atoms with E-state index in [2.05, 4.69) is 45.8 Å². The third-order valence-corrected chi connectivity index (χ3v) is 23.9. The third-order valence-electron chi connectivity index (χ3n) is 12.6. The molecule has 0 amide bonds. The number of hydrogen-bond acceptors (Lipinski definition) is 1. The zero-order valence-corrected chi connectivity index (χ0v) is 39.4. The molecule has 0 saturated heterocycles. The van der Waals surface area contributed by atoms with Gasteiger partial charge in [0.25, 0.3) is 0 Å². The van der Waals surface area contributed by atoms with Crippen LogP contribution in [0.2, 0.25) is 30.2 Å². The smallest absolute Gasteiger partial charge is 0.121 e. The quantitative estimate of drug-likeness (QED) is 0.0443. The van der Waals surface area contributed by atoms with Crippen LogP contribution in [-0.4, -0.2) is 28.0 Å². The lowest BCUT2D eigenvalue weighted by Gasteiger charge is -2.48. The van der Waals surface area contributed by atoms with Crippen molar-refractivity contribution in [3.63, 3.8) is 0 Å². The predicted octanol–water partition coefficient (Wildman–Crippen LogP) is 18.1. The number of rotatable bonds is 44. The second-order valence-corrected chi connectivity index (χ2v) is 25.6. The summed E-state index contributed by atoms with van der Waals surface area (Å²) < 4.78 is 3.62. The lowest BCUT2D eigenvalue weighted by molar-refractivity contribution is 0.505.